The number of amides is 1. The van der Waals surface area contributed by atoms with Crippen LogP contribution in [0.25, 0.3) is 0 Å². The van der Waals surface area contributed by atoms with Crippen LogP contribution in [-0.4, -0.2) is 40.3 Å². The normalized spacial score (nSPS) is 11.1. The maximum absolute atomic E-state index is 13.5. The molecule has 0 aliphatic carbocycles. The molecule has 8 heteroatoms. The number of hydrogen-bond acceptors (Lipinski definition) is 5. The second kappa shape index (κ2) is 11.9. The second-order valence-corrected chi connectivity index (χ2v) is 10.9. The van der Waals surface area contributed by atoms with Crippen molar-refractivity contribution in [2.75, 3.05) is 30.3 Å². The summed E-state index contributed by atoms with van der Waals surface area (Å²) in [5.74, 6) is 0.851. The van der Waals surface area contributed by atoms with Gasteiger partial charge in [0.2, 0.25) is 5.91 Å². The smallest absolute Gasteiger partial charge is 0.264 e. The van der Waals surface area contributed by atoms with E-state index in [2.05, 4.69) is 36.5 Å². The van der Waals surface area contributed by atoms with Crippen molar-refractivity contribution in [3.8, 4) is 5.75 Å². The fourth-order valence-electron chi connectivity index (χ4n) is 3.28. The lowest BCUT2D eigenvalue weighted by molar-refractivity contribution is -0.119. The molecule has 34 heavy (non-hydrogen) atoms. The van der Waals surface area contributed by atoms with Crippen molar-refractivity contribution in [3.05, 3.63) is 83.9 Å². The lowest BCUT2D eigenvalue weighted by Gasteiger charge is -2.25. The largest absolute Gasteiger partial charge is 0.495 e. The van der Waals surface area contributed by atoms with E-state index in [1.807, 2.05) is 6.92 Å². The number of benzene rings is 3. The van der Waals surface area contributed by atoms with Crippen LogP contribution in [0.5, 0.6) is 5.75 Å². The first-order valence-electron chi connectivity index (χ1n) is 11.0. The molecule has 0 radical (unpaired) electrons. The van der Waals surface area contributed by atoms with Gasteiger partial charge in [0.15, 0.2) is 0 Å². The predicted molar refractivity (Wildman–Crippen MR) is 138 cm³/mol. The summed E-state index contributed by atoms with van der Waals surface area (Å²) in [6.45, 7) is 4.06. The molecule has 0 heterocycles. The Balaban J connectivity index is 1.68. The minimum Gasteiger partial charge on any atom is -0.495 e. The van der Waals surface area contributed by atoms with E-state index in [-0.39, 0.29) is 17.3 Å². The van der Waals surface area contributed by atoms with Crippen molar-refractivity contribution >= 4 is 33.4 Å². The molecule has 0 saturated heterocycles. The van der Waals surface area contributed by atoms with Crippen molar-refractivity contribution in [1.29, 1.82) is 0 Å². The van der Waals surface area contributed by atoms with Gasteiger partial charge in [-0.15, -0.1) is 11.8 Å². The molecule has 180 valence electrons. The van der Waals surface area contributed by atoms with E-state index in [0.29, 0.717) is 18.0 Å². The lowest BCUT2D eigenvalue weighted by atomic mass is 10.2. The first-order chi connectivity index (χ1) is 16.3. The third-order valence-electron chi connectivity index (χ3n) is 5.18. The molecular formula is C26H30N2O4S2. The molecule has 0 fully saturated rings. The number of nitrogens with zero attached hydrogens (tertiary/aromatic N) is 1. The summed E-state index contributed by atoms with van der Waals surface area (Å²) in [5.41, 5.74) is 2.48. The molecular weight excluding hydrogens is 468 g/mol. The number of rotatable bonds is 11. The van der Waals surface area contributed by atoms with Gasteiger partial charge in [-0.3, -0.25) is 9.10 Å². The molecule has 3 aromatic rings. The minimum absolute atomic E-state index is 0.117. The first kappa shape index (κ1) is 25.6. The van der Waals surface area contributed by atoms with Crippen molar-refractivity contribution in [2.45, 2.75) is 30.1 Å². The Bertz CT molecular complexity index is 1190. The van der Waals surface area contributed by atoms with Crippen molar-refractivity contribution in [2.24, 2.45) is 0 Å². The van der Waals surface area contributed by atoms with Gasteiger partial charge in [0.05, 0.1) is 17.7 Å². The summed E-state index contributed by atoms with van der Waals surface area (Å²) < 4.78 is 33.5. The van der Waals surface area contributed by atoms with Gasteiger partial charge in [-0.2, -0.15) is 0 Å². The maximum atomic E-state index is 13.5. The standard InChI is InChI=1S/C26H30N2O4S2/c1-20-9-13-22(14-10-20)33-18-6-17-27-26(29)19-28(24-7-4-5-8-25(24)32-3)34(30,31)23-15-11-21(2)12-16-23/h4-5,7-16H,6,17-19H2,1-3H3,(H,27,29). The summed E-state index contributed by atoms with van der Waals surface area (Å²) in [4.78, 5) is 14.1. The molecule has 0 aromatic heterocycles. The molecule has 0 spiro atoms. The molecule has 0 atom stereocenters. The number of aryl methyl sites for hydroxylation is 2. The fourth-order valence-corrected chi connectivity index (χ4v) is 5.57. The summed E-state index contributed by atoms with van der Waals surface area (Å²) in [6, 6.07) is 21.7. The molecule has 6 nitrogen and oxygen atoms in total. The van der Waals surface area contributed by atoms with Crippen LogP contribution < -0.4 is 14.4 Å². The highest BCUT2D eigenvalue weighted by atomic mass is 32.2. The Morgan fingerprint density at radius 2 is 1.56 bits per heavy atom. The van der Waals surface area contributed by atoms with Gasteiger partial charge in [-0.1, -0.05) is 47.5 Å². The van der Waals surface area contributed by atoms with Crippen molar-refractivity contribution in [3.63, 3.8) is 0 Å². The van der Waals surface area contributed by atoms with Gasteiger partial charge in [-0.25, -0.2) is 8.42 Å². The number of nitrogens with one attached hydrogen (secondary N) is 1. The molecule has 3 aromatic carbocycles. The van der Waals surface area contributed by atoms with Gasteiger partial charge < -0.3 is 10.1 Å². The van der Waals surface area contributed by atoms with E-state index in [9.17, 15) is 13.2 Å². The quantitative estimate of drug-likeness (QED) is 0.303. The number of sulfonamides is 1. The number of ether oxygens (including phenoxy) is 1. The van der Waals surface area contributed by atoms with Gasteiger partial charge in [0.1, 0.15) is 12.3 Å². The number of carbonyl (C=O) groups is 1. The SMILES string of the molecule is COc1ccccc1N(CC(=O)NCCCSc1ccc(C)cc1)S(=O)(=O)c1ccc(C)cc1. The Kier molecular flexibility index (Phi) is 9.01. The first-order valence-corrected chi connectivity index (χ1v) is 13.4. The van der Waals surface area contributed by atoms with E-state index in [1.54, 1.807) is 60.3 Å². The number of hydrogen-bond donors (Lipinski definition) is 1. The highest BCUT2D eigenvalue weighted by Crippen LogP contribution is 2.32. The molecule has 0 unspecified atom stereocenters. The fraction of sp³-hybridized carbons (Fsp3) is 0.269. The number of anilines is 1. The van der Waals surface area contributed by atoms with E-state index in [1.165, 1.54) is 17.6 Å². The molecule has 1 N–H and O–H groups in total. The van der Waals surface area contributed by atoms with Crippen LogP contribution in [0.3, 0.4) is 0 Å². The average Bonchev–Trinajstić information content (AvgIpc) is 2.83. The second-order valence-electron chi connectivity index (χ2n) is 7.86. The van der Waals surface area contributed by atoms with Crippen molar-refractivity contribution < 1.29 is 17.9 Å². The molecule has 0 bridgehead atoms. The zero-order chi connectivity index (χ0) is 24.6. The number of thioether (sulfide) groups is 1. The number of para-hydroxylation sites is 2. The van der Waals surface area contributed by atoms with Gasteiger partial charge in [-0.05, 0) is 62.4 Å². The molecule has 0 saturated carbocycles. The third kappa shape index (κ3) is 6.77. The van der Waals surface area contributed by atoms with Gasteiger partial charge >= 0.3 is 0 Å². The number of methoxy groups -OCH3 is 1. The monoisotopic (exact) mass is 498 g/mol. The Morgan fingerprint density at radius 3 is 2.21 bits per heavy atom. The zero-order valence-corrected chi connectivity index (χ0v) is 21.3. The molecule has 0 aliphatic rings. The molecule has 3 rings (SSSR count). The highest BCUT2D eigenvalue weighted by Gasteiger charge is 2.29. The van der Waals surface area contributed by atoms with Crippen LogP contribution >= 0.6 is 11.8 Å². The number of carbonyl (C=O) groups excluding carboxylic acids is 1. The third-order valence-corrected chi connectivity index (χ3v) is 8.06. The van der Waals surface area contributed by atoms with E-state index in [0.717, 1.165) is 22.0 Å². The lowest BCUT2D eigenvalue weighted by Crippen LogP contribution is -2.41. The van der Waals surface area contributed by atoms with Crippen LogP contribution in [0.15, 0.2) is 82.6 Å². The summed E-state index contributed by atoms with van der Waals surface area (Å²) in [5, 5.41) is 2.85. The Labute approximate surface area is 206 Å². The van der Waals surface area contributed by atoms with Crippen LogP contribution in [0.1, 0.15) is 17.5 Å². The van der Waals surface area contributed by atoms with E-state index >= 15 is 0 Å². The van der Waals surface area contributed by atoms with E-state index < -0.39 is 10.0 Å². The van der Waals surface area contributed by atoms with Crippen LogP contribution in [0, 0.1) is 13.8 Å². The van der Waals surface area contributed by atoms with Gasteiger partial charge in [0, 0.05) is 11.4 Å². The van der Waals surface area contributed by atoms with Crippen molar-refractivity contribution in [1.82, 2.24) is 5.32 Å². The Hall–Kier alpha value is -2.97. The zero-order valence-electron chi connectivity index (χ0n) is 19.7. The Morgan fingerprint density at radius 1 is 0.941 bits per heavy atom. The summed E-state index contributed by atoms with van der Waals surface area (Å²) >= 11 is 1.73. The summed E-state index contributed by atoms with van der Waals surface area (Å²) in [6.07, 6.45) is 0.768. The molecule has 1 amide bonds. The minimum atomic E-state index is -3.98. The van der Waals surface area contributed by atoms with Gasteiger partial charge in [0.25, 0.3) is 10.0 Å². The average molecular weight is 499 g/mol. The summed E-state index contributed by atoms with van der Waals surface area (Å²) in [7, 11) is -2.51. The van der Waals surface area contributed by atoms with Crippen LogP contribution in [-0.2, 0) is 14.8 Å². The van der Waals surface area contributed by atoms with Crippen LogP contribution in [0.2, 0.25) is 0 Å². The van der Waals surface area contributed by atoms with Crippen LogP contribution in [0.4, 0.5) is 5.69 Å². The topological polar surface area (TPSA) is 75.7 Å². The van der Waals surface area contributed by atoms with E-state index in [4.69, 9.17) is 4.74 Å². The maximum Gasteiger partial charge on any atom is 0.264 e. The predicted octanol–water partition coefficient (Wildman–Crippen LogP) is 4.81. The molecule has 0 aliphatic heterocycles. The highest BCUT2D eigenvalue weighted by molar-refractivity contribution is 7.99.